The molecule has 0 saturated heterocycles. The molecule has 0 radical (unpaired) electrons. The van der Waals surface area contributed by atoms with E-state index in [2.05, 4.69) is 0 Å². The molecule has 0 aromatic heterocycles. The molecule has 0 bridgehead atoms. The molecule has 2 rings (SSSR count). The van der Waals surface area contributed by atoms with Gasteiger partial charge in [-0.05, 0) is 29.8 Å². The first-order chi connectivity index (χ1) is 8.38. The largest absolute Gasteiger partial charge is 0.416 e. The molecule has 0 atom stereocenters. The SMILES string of the molecule is Fc1ccc(-c2cccc(C(F)(F)F)c2)c(F)c1. The second-order valence-electron chi connectivity index (χ2n) is 3.70. The fourth-order valence-electron chi connectivity index (χ4n) is 1.59. The summed E-state index contributed by atoms with van der Waals surface area (Å²) >= 11 is 0. The Labute approximate surface area is 99.7 Å². The maximum Gasteiger partial charge on any atom is 0.416 e. The highest BCUT2D eigenvalue weighted by molar-refractivity contribution is 5.65. The van der Waals surface area contributed by atoms with E-state index in [1.54, 1.807) is 0 Å². The molecule has 0 nitrogen and oxygen atoms in total. The van der Waals surface area contributed by atoms with Crippen LogP contribution < -0.4 is 0 Å². The van der Waals surface area contributed by atoms with Gasteiger partial charge in [0.15, 0.2) is 0 Å². The maximum absolute atomic E-state index is 13.4. The van der Waals surface area contributed by atoms with Gasteiger partial charge in [-0.25, -0.2) is 8.78 Å². The molecule has 0 fully saturated rings. The molecule has 0 saturated carbocycles. The Morgan fingerprint density at radius 2 is 1.56 bits per heavy atom. The van der Waals surface area contributed by atoms with E-state index in [-0.39, 0.29) is 11.1 Å². The molecule has 0 aliphatic carbocycles. The van der Waals surface area contributed by atoms with E-state index in [9.17, 15) is 22.0 Å². The monoisotopic (exact) mass is 258 g/mol. The standard InChI is InChI=1S/C13H7F5/c14-10-4-5-11(12(15)7-10)8-2-1-3-9(6-8)13(16,17)18/h1-7H. The summed E-state index contributed by atoms with van der Waals surface area (Å²) in [4.78, 5) is 0. The zero-order chi connectivity index (χ0) is 13.3. The third-order valence-electron chi connectivity index (χ3n) is 2.43. The van der Waals surface area contributed by atoms with E-state index in [1.807, 2.05) is 0 Å². The van der Waals surface area contributed by atoms with Gasteiger partial charge in [-0.2, -0.15) is 13.2 Å². The summed E-state index contributed by atoms with van der Waals surface area (Å²) in [6.45, 7) is 0. The van der Waals surface area contributed by atoms with E-state index in [0.717, 1.165) is 24.3 Å². The first-order valence-corrected chi connectivity index (χ1v) is 5.00. The van der Waals surface area contributed by atoms with Crippen LogP contribution in [-0.4, -0.2) is 0 Å². The highest BCUT2D eigenvalue weighted by atomic mass is 19.4. The van der Waals surface area contributed by atoms with Crippen molar-refractivity contribution < 1.29 is 22.0 Å². The quantitative estimate of drug-likeness (QED) is 0.653. The van der Waals surface area contributed by atoms with Crippen LogP contribution >= 0.6 is 0 Å². The van der Waals surface area contributed by atoms with E-state index in [0.29, 0.717) is 6.07 Å². The van der Waals surface area contributed by atoms with E-state index in [4.69, 9.17) is 0 Å². The van der Waals surface area contributed by atoms with Gasteiger partial charge < -0.3 is 0 Å². The van der Waals surface area contributed by atoms with Crippen LogP contribution in [0.15, 0.2) is 42.5 Å². The van der Waals surface area contributed by atoms with E-state index in [1.165, 1.54) is 12.1 Å². The van der Waals surface area contributed by atoms with Crippen LogP contribution in [0.4, 0.5) is 22.0 Å². The van der Waals surface area contributed by atoms with Gasteiger partial charge in [-0.3, -0.25) is 0 Å². The summed E-state index contributed by atoms with van der Waals surface area (Å²) in [5.74, 6) is -1.67. The third kappa shape index (κ3) is 2.50. The topological polar surface area (TPSA) is 0 Å². The lowest BCUT2D eigenvalue weighted by Gasteiger charge is -2.09. The highest BCUT2D eigenvalue weighted by Crippen LogP contribution is 2.32. The smallest absolute Gasteiger partial charge is 0.207 e. The van der Waals surface area contributed by atoms with Gasteiger partial charge in [-0.15, -0.1) is 0 Å². The minimum atomic E-state index is -4.49. The molecule has 0 amide bonds. The molecule has 94 valence electrons. The number of halogens is 5. The molecule has 2 aromatic carbocycles. The summed E-state index contributed by atoms with van der Waals surface area (Å²) in [6, 6.07) is 6.99. The molecular weight excluding hydrogens is 251 g/mol. The van der Waals surface area contributed by atoms with Crippen molar-refractivity contribution in [3.8, 4) is 11.1 Å². The fraction of sp³-hybridized carbons (Fsp3) is 0.0769. The Morgan fingerprint density at radius 3 is 2.17 bits per heavy atom. The lowest BCUT2D eigenvalue weighted by Crippen LogP contribution is -2.04. The van der Waals surface area contributed by atoms with Crippen molar-refractivity contribution in [3.05, 3.63) is 59.7 Å². The average Bonchev–Trinajstić information content (AvgIpc) is 2.28. The van der Waals surface area contributed by atoms with Crippen molar-refractivity contribution in [2.75, 3.05) is 0 Å². The van der Waals surface area contributed by atoms with Crippen molar-refractivity contribution >= 4 is 0 Å². The van der Waals surface area contributed by atoms with Crippen LogP contribution in [0, 0.1) is 11.6 Å². The van der Waals surface area contributed by atoms with Crippen molar-refractivity contribution in [1.82, 2.24) is 0 Å². The second-order valence-corrected chi connectivity index (χ2v) is 3.70. The van der Waals surface area contributed by atoms with Gasteiger partial charge in [0.05, 0.1) is 5.56 Å². The molecule has 0 aliphatic heterocycles. The van der Waals surface area contributed by atoms with Crippen molar-refractivity contribution in [2.24, 2.45) is 0 Å². The Balaban J connectivity index is 2.51. The normalized spacial score (nSPS) is 11.6. The van der Waals surface area contributed by atoms with Crippen LogP contribution in [0.3, 0.4) is 0 Å². The number of hydrogen-bond donors (Lipinski definition) is 0. The van der Waals surface area contributed by atoms with Crippen LogP contribution in [0.25, 0.3) is 11.1 Å². The van der Waals surface area contributed by atoms with E-state index >= 15 is 0 Å². The summed E-state index contributed by atoms with van der Waals surface area (Å²) < 4.78 is 63.6. The number of benzene rings is 2. The second kappa shape index (κ2) is 4.40. The highest BCUT2D eigenvalue weighted by Gasteiger charge is 2.30. The molecule has 18 heavy (non-hydrogen) atoms. The number of hydrogen-bond acceptors (Lipinski definition) is 0. The first-order valence-electron chi connectivity index (χ1n) is 5.00. The zero-order valence-corrected chi connectivity index (χ0v) is 8.93. The molecule has 2 aromatic rings. The van der Waals surface area contributed by atoms with Gasteiger partial charge in [0.2, 0.25) is 0 Å². The van der Waals surface area contributed by atoms with E-state index < -0.39 is 23.4 Å². The minimum Gasteiger partial charge on any atom is -0.207 e. The van der Waals surface area contributed by atoms with Gasteiger partial charge in [0, 0.05) is 11.6 Å². The number of rotatable bonds is 1. The summed E-state index contributed by atoms with van der Waals surface area (Å²) in [7, 11) is 0. The molecule has 0 N–H and O–H groups in total. The molecule has 0 heterocycles. The van der Waals surface area contributed by atoms with Crippen LogP contribution in [-0.2, 0) is 6.18 Å². The Hall–Kier alpha value is -1.91. The molecule has 0 unspecified atom stereocenters. The molecular formula is C13H7F5. The lowest BCUT2D eigenvalue weighted by molar-refractivity contribution is -0.137. The summed E-state index contributed by atoms with van der Waals surface area (Å²) in [5, 5.41) is 0. The lowest BCUT2D eigenvalue weighted by atomic mass is 10.0. The molecule has 0 aliphatic rings. The Kier molecular flexibility index (Phi) is 3.07. The predicted octanol–water partition coefficient (Wildman–Crippen LogP) is 4.65. The van der Waals surface area contributed by atoms with Crippen LogP contribution in [0.5, 0.6) is 0 Å². The zero-order valence-electron chi connectivity index (χ0n) is 8.93. The van der Waals surface area contributed by atoms with Gasteiger partial charge in [0.25, 0.3) is 0 Å². The molecule has 0 spiro atoms. The third-order valence-corrected chi connectivity index (χ3v) is 2.43. The van der Waals surface area contributed by atoms with Crippen LogP contribution in [0.2, 0.25) is 0 Å². The fourth-order valence-corrected chi connectivity index (χ4v) is 1.59. The Bertz CT molecular complexity index is 572. The van der Waals surface area contributed by atoms with Crippen molar-refractivity contribution in [3.63, 3.8) is 0 Å². The summed E-state index contributed by atoms with van der Waals surface area (Å²) in [5.41, 5.74) is -0.881. The van der Waals surface area contributed by atoms with Crippen LogP contribution in [0.1, 0.15) is 5.56 Å². The number of alkyl halides is 3. The predicted molar refractivity (Wildman–Crippen MR) is 56.8 cm³/mol. The summed E-state index contributed by atoms with van der Waals surface area (Å²) in [6.07, 6.45) is -4.49. The van der Waals surface area contributed by atoms with Gasteiger partial charge in [-0.1, -0.05) is 12.1 Å². The molecule has 5 heteroatoms. The van der Waals surface area contributed by atoms with Crippen molar-refractivity contribution in [1.29, 1.82) is 0 Å². The van der Waals surface area contributed by atoms with Gasteiger partial charge in [0.1, 0.15) is 11.6 Å². The van der Waals surface area contributed by atoms with Crippen molar-refractivity contribution in [2.45, 2.75) is 6.18 Å². The first kappa shape index (κ1) is 12.5. The maximum atomic E-state index is 13.4. The average molecular weight is 258 g/mol. The van der Waals surface area contributed by atoms with Gasteiger partial charge >= 0.3 is 6.18 Å². The Morgan fingerprint density at radius 1 is 0.833 bits per heavy atom. The minimum absolute atomic E-state index is 0.0577.